The number of carbonyl (C=O) groups is 1. The van der Waals surface area contributed by atoms with Crippen molar-refractivity contribution in [2.75, 3.05) is 24.5 Å². The average Bonchev–Trinajstić information content (AvgIpc) is 2.69. The molecule has 1 fully saturated rings. The molecule has 0 spiro atoms. The normalized spacial score (nSPS) is 17.0. The third kappa shape index (κ3) is 3.85. The van der Waals surface area contributed by atoms with Gasteiger partial charge in [-0.3, -0.25) is 9.59 Å². The van der Waals surface area contributed by atoms with Crippen LogP contribution in [-0.2, 0) is 0 Å². The van der Waals surface area contributed by atoms with Crippen molar-refractivity contribution in [3.8, 4) is 0 Å². The molecule has 7 heteroatoms. The van der Waals surface area contributed by atoms with Crippen LogP contribution in [0, 0.1) is 6.92 Å². The molecule has 150 valence electrons. The first-order valence-corrected chi connectivity index (χ1v) is 10.2. The van der Waals surface area contributed by atoms with Gasteiger partial charge in [-0.25, -0.2) is 0 Å². The van der Waals surface area contributed by atoms with Crippen molar-refractivity contribution in [3.63, 3.8) is 0 Å². The van der Waals surface area contributed by atoms with Crippen LogP contribution in [0.5, 0.6) is 0 Å². The van der Waals surface area contributed by atoms with Gasteiger partial charge in [0.15, 0.2) is 0 Å². The molecule has 1 aliphatic heterocycles. The molecule has 1 unspecified atom stereocenters. The second-order valence-electron chi connectivity index (χ2n) is 7.49. The third-order valence-corrected chi connectivity index (χ3v) is 6.12. The minimum atomic E-state index is -0.271. The number of hydrogen-bond acceptors (Lipinski definition) is 3. The van der Waals surface area contributed by atoms with Crippen LogP contribution in [-0.4, -0.2) is 41.5 Å². The summed E-state index contributed by atoms with van der Waals surface area (Å²) in [5.41, 5.74) is 2.87. The van der Waals surface area contributed by atoms with E-state index >= 15 is 0 Å². The molecule has 1 aromatic heterocycles. The molecule has 5 nitrogen and oxygen atoms in total. The van der Waals surface area contributed by atoms with Gasteiger partial charge in [-0.15, -0.1) is 0 Å². The number of aromatic nitrogens is 1. The van der Waals surface area contributed by atoms with Crippen LogP contribution in [0.1, 0.15) is 22.8 Å². The van der Waals surface area contributed by atoms with E-state index in [0.717, 1.165) is 16.6 Å². The van der Waals surface area contributed by atoms with E-state index in [1.165, 1.54) is 6.07 Å². The minimum Gasteiger partial charge on any atom is -0.368 e. The first-order chi connectivity index (χ1) is 13.8. The van der Waals surface area contributed by atoms with E-state index in [1.807, 2.05) is 49.1 Å². The van der Waals surface area contributed by atoms with Crippen molar-refractivity contribution in [2.45, 2.75) is 19.9 Å². The molecule has 1 N–H and O–H groups in total. The zero-order chi connectivity index (χ0) is 20.7. The van der Waals surface area contributed by atoms with Gasteiger partial charge in [0.2, 0.25) is 5.56 Å². The van der Waals surface area contributed by atoms with Gasteiger partial charge < -0.3 is 14.8 Å². The lowest BCUT2D eigenvalue weighted by atomic mass is 10.0. The zero-order valence-corrected chi connectivity index (χ0v) is 17.7. The maximum Gasteiger partial charge on any atom is 0.255 e. The molecular weight excluding hydrogens is 409 g/mol. The molecular formula is C22H21Cl2N3O2. The number of piperazine rings is 1. The second kappa shape index (κ2) is 7.73. The highest BCUT2D eigenvalue weighted by molar-refractivity contribution is 6.42. The lowest BCUT2D eigenvalue weighted by Gasteiger charge is -2.41. The Hall–Kier alpha value is -2.50. The largest absolute Gasteiger partial charge is 0.368 e. The number of aromatic amines is 1. The van der Waals surface area contributed by atoms with Crippen LogP contribution < -0.4 is 10.5 Å². The van der Waals surface area contributed by atoms with E-state index in [-0.39, 0.29) is 17.5 Å². The molecule has 1 atom stereocenters. The number of aryl methyl sites for hydroxylation is 1. The zero-order valence-electron chi connectivity index (χ0n) is 16.2. The number of carbonyl (C=O) groups excluding carboxylic acids is 1. The average molecular weight is 430 g/mol. The minimum absolute atomic E-state index is 0.0233. The number of nitrogens with one attached hydrogen (secondary N) is 1. The lowest BCUT2D eigenvalue weighted by molar-refractivity contribution is 0.0676. The Morgan fingerprint density at radius 1 is 1.07 bits per heavy atom. The Bertz CT molecular complexity index is 1160. The first-order valence-electron chi connectivity index (χ1n) is 9.48. The summed E-state index contributed by atoms with van der Waals surface area (Å²) in [6.07, 6.45) is 0. The van der Waals surface area contributed by atoms with E-state index in [2.05, 4.69) is 9.88 Å². The number of H-pyrrole nitrogens is 1. The van der Waals surface area contributed by atoms with Crippen molar-refractivity contribution in [1.82, 2.24) is 9.88 Å². The SMILES string of the molecule is Cc1ccc2[nH]c(=O)cc(C(=O)N3CCN(c4ccc(Cl)c(Cl)c4)CC3C)c2c1. The van der Waals surface area contributed by atoms with Crippen molar-refractivity contribution in [2.24, 2.45) is 0 Å². The van der Waals surface area contributed by atoms with Gasteiger partial charge >= 0.3 is 0 Å². The molecule has 2 aromatic carbocycles. The maximum absolute atomic E-state index is 13.3. The summed E-state index contributed by atoms with van der Waals surface area (Å²) in [6, 6.07) is 12.7. The molecule has 1 amide bonds. The summed E-state index contributed by atoms with van der Waals surface area (Å²) in [6.45, 7) is 5.89. The molecule has 0 bridgehead atoms. The van der Waals surface area contributed by atoms with E-state index in [4.69, 9.17) is 23.2 Å². The summed E-state index contributed by atoms with van der Waals surface area (Å²) in [7, 11) is 0. The first kappa shape index (κ1) is 19.8. The number of nitrogens with zero attached hydrogens (tertiary/aromatic N) is 2. The topological polar surface area (TPSA) is 56.4 Å². The fourth-order valence-corrected chi connectivity index (χ4v) is 4.17. The van der Waals surface area contributed by atoms with Crippen molar-refractivity contribution >= 4 is 45.7 Å². The van der Waals surface area contributed by atoms with Gasteiger partial charge in [0.05, 0.1) is 15.6 Å². The molecule has 1 saturated heterocycles. The van der Waals surface area contributed by atoms with E-state index < -0.39 is 0 Å². The smallest absolute Gasteiger partial charge is 0.255 e. The van der Waals surface area contributed by atoms with E-state index in [9.17, 15) is 9.59 Å². The molecule has 0 saturated carbocycles. The molecule has 0 radical (unpaired) electrons. The van der Waals surface area contributed by atoms with Crippen LogP contribution in [0.15, 0.2) is 47.3 Å². The van der Waals surface area contributed by atoms with Crippen LogP contribution in [0.2, 0.25) is 10.0 Å². The van der Waals surface area contributed by atoms with Gasteiger partial charge in [0.1, 0.15) is 0 Å². The highest BCUT2D eigenvalue weighted by Gasteiger charge is 2.29. The van der Waals surface area contributed by atoms with Crippen molar-refractivity contribution in [1.29, 1.82) is 0 Å². The van der Waals surface area contributed by atoms with Gasteiger partial charge in [-0.05, 0) is 44.2 Å². The number of anilines is 1. The van der Waals surface area contributed by atoms with Crippen LogP contribution in [0.25, 0.3) is 10.9 Å². The molecule has 2 heterocycles. The third-order valence-electron chi connectivity index (χ3n) is 5.39. The molecule has 1 aliphatic rings. The second-order valence-corrected chi connectivity index (χ2v) is 8.30. The maximum atomic E-state index is 13.3. The summed E-state index contributed by atoms with van der Waals surface area (Å²) in [4.78, 5) is 32.3. The fraction of sp³-hybridized carbons (Fsp3) is 0.273. The lowest BCUT2D eigenvalue weighted by Crippen LogP contribution is -2.54. The van der Waals surface area contributed by atoms with Crippen LogP contribution in [0.3, 0.4) is 0 Å². The fourth-order valence-electron chi connectivity index (χ4n) is 3.87. The number of benzene rings is 2. The van der Waals surface area contributed by atoms with Gasteiger partial charge in [-0.2, -0.15) is 0 Å². The monoisotopic (exact) mass is 429 g/mol. The Labute approximate surface area is 178 Å². The number of pyridine rings is 1. The van der Waals surface area contributed by atoms with E-state index in [0.29, 0.717) is 40.8 Å². The molecule has 4 rings (SSSR count). The number of amides is 1. The highest BCUT2D eigenvalue weighted by atomic mass is 35.5. The number of hydrogen-bond donors (Lipinski definition) is 1. The number of fused-ring (bicyclic) bond motifs is 1. The summed E-state index contributed by atoms with van der Waals surface area (Å²) in [5.74, 6) is -0.118. The quantitative estimate of drug-likeness (QED) is 0.652. The standard InChI is InChI=1S/C22H21Cl2N3O2/c1-13-3-6-20-16(9-13)17(11-21(28)25-20)22(29)27-8-7-26(12-14(27)2)15-4-5-18(23)19(24)10-15/h3-6,9-11,14H,7-8,12H2,1-2H3,(H,25,28). The molecule has 3 aromatic rings. The number of rotatable bonds is 2. The highest BCUT2D eigenvalue weighted by Crippen LogP contribution is 2.29. The summed E-state index contributed by atoms with van der Waals surface area (Å²) < 4.78 is 0. The Kier molecular flexibility index (Phi) is 5.28. The Morgan fingerprint density at radius 2 is 1.86 bits per heavy atom. The van der Waals surface area contributed by atoms with Crippen LogP contribution >= 0.6 is 23.2 Å². The Morgan fingerprint density at radius 3 is 2.59 bits per heavy atom. The number of halogens is 2. The predicted octanol–water partition coefficient (Wildman–Crippen LogP) is 4.49. The van der Waals surface area contributed by atoms with Gasteiger partial charge in [-0.1, -0.05) is 34.8 Å². The van der Waals surface area contributed by atoms with Crippen LogP contribution in [0.4, 0.5) is 5.69 Å². The molecule has 0 aliphatic carbocycles. The summed E-state index contributed by atoms with van der Waals surface area (Å²) >= 11 is 12.2. The molecule has 29 heavy (non-hydrogen) atoms. The van der Waals surface area contributed by atoms with E-state index in [1.54, 1.807) is 6.07 Å². The summed E-state index contributed by atoms with van der Waals surface area (Å²) in [5, 5.41) is 1.81. The van der Waals surface area contributed by atoms with Crippen molar-refractivity contribution in [3.05, 3.63) is 74.0 Å². The predicted molar refractivity (Wildman–Crippen MR) is 118 cm³/mol. The van der Waals surface area contributed by atoms with Gasteiger partial charge in [0.25, 0.3) is 5.91 Å². The van der Waals surface area contributed by atoms with Gasteiger partial charge in [0, 0.05) is 48.3 Å². The van der Waals surface area contributed by atoms with Crippen molar-refractivity contribution < 1.29 is 4.79 Å². The Balaban J connectivity index is 1.61.